The van der Waals surface area contributed by atoms with Crippen LogP contribution >= 0.6 is 0 Å². The van der Waals surface area contributed by atoms with Crippen LogP contribution in [-0.2, 0) is 0 Å². The van der Waals surface area contributed by atoms with Gasteiger partial charge in [-0.2, -0.15) is 4.68 Å². The number of nitrogens with zero attached hydrogens (tertiary/aromatic N) is 3. The van der Waals surface area contributed by atoms with Crippen LogP contribution in [0.4, 0.5) is 5.69 Å². The molecule has 0 amide bonds. The summed E-state index contributed by atoms with van der Waals surface area (Å²) in [5, 5.41) is 14.9. The zero-order valence-electron chi connectivity index (χ0n) is 17.4. The second-order valence-corrected chi connectivity index (χ2v) is 7.30. The summed E-state index contributed by atoms with van der Waals surface area (Å²) < 4.78 is 11.5. The van der Waals surface area contributed by atoms with E-state index in [9.17, 15) is 14.9 Å². The van der Waals surface area contributed by atoms with Gasteiger partial charge in [0.1, 0.15) is 0 Å². The maximum absolute atomic E-state index is 12.0. The van der Waals surface area contributed by atoms with E-state index in [1.54, 1.807) is 6.92 Å². The Morgan fingerprint density at radius 1 is 1.07 bits per heavy atom. The maximum atomic E-state index is 12.0. The van der Waals surface area contributed by atoms with Crippen molar-refractivity contribution in [2.45, 2.75) is 78.1 Å². The minimum Gasteiger partial charge on any atom is -0.449 e. The lowest BCUT2D eigenvalue weighted by Gasteiger charge is -2.03. The lowest BCUT2D eigenvalue weighted by molar-refractivity contribution is -0.385. The van der Waals surface area contributed by atoms with E-state index in [-0.39, 0.29) is 11.8 Å². The van der Waals surface area contributed by atoms with E-state index in [1.807, 2.05) is 0 Å². The average molecular weight is 405 g/mol. The molecule has 0 bridgehead atoms. The van der Waals surface area contributed by atoms with Crippen molar-refractivity contribution >= 4 is 5.69 Å². The lowest BCUT2D eigenvalue weighted by Crippen LogP contribution is -2.13. The van der Waals surface area contributed by atoms with Crippen molar-refractivity contribution in [2.24, 2.45) is 0 Å². The van der Waals surface area contributed by atoms with Gasteiger partial charge < -0.3 is 9.15 Å². The molecule has 0 unspecified atom stereocenters. The monoisotopic (exact) mass is 405 g/mol. The average Bonchev–Trinajstić information content (AvgIpc) is 3.06. The Hall–Kier alpha value is -2.64. The second kappa shape index (κ2) is 12.0. The van der Waals surface area contributed by atoms with Gasteiger partial charge in [-0.1, -0.05) is 69.8 Å². The zero-order valence-corrected chi connectivity index (χ0v) is 17.4. The number of ether oxygens (including phenoxy) is 1. The van der Waals surface area contributed by atoms with E-state index in [4.69, 9.17) is 9.15 Å². The van der Waals surface area contributed by atoms with E-state index < -0.39 is 10.7 Å². The summed E-state index contributed by atoms with van der Waals surface area (Å²) in [7, 11) is 0. The van der Waals surface area contributed by atoms with Gasteiger partial charge in [-0.15, -0.1) is 0 Å². The largest absolute Gasteiger partial charge is 0.449 e. The van der Waals surface area contributed by atoms with Crippen LogP contribution < -0.4 is 10.5 Å². The Labute approximate surface area is 171 Å². The van der Waals surface area contributed by atoms with Crippen LogP contribution in [0.15, 0.2) is 27.4 Å². The standard InChI is InChI=1S/C21H31N3O5/c1-3-4-5-6-7-8-9-10-11-12-15-28-20-22-23(21(25)29-20)18-13-14-19(24(26)27)17(2)16-18/h13-14,16H,3-12,15H2,1-2H3. The first-order valence-electron chi connectivity index (χ1n) is 10.5. The van der Waals surface area contributed by atoms with Gasteiger partial charge in [0.25, 0.3) is 5.69 Å². The summed E-state index contributed by atoms with van der Waals surface area (Å²) in [5.41, 5.74) is 0.827. The molecule has 1 aromatic carbocycles. The Balaban J connectivity index is 1.71. The predicted octanol–water partition coefficient (Wildman–Crippen LogP) is 5.34. The molecular formula is C21H31N3O5. The number of aryl methyl sites for hydroxylation is 1. The van der Waals surface area contributed by atoms with E-state index >= 15 is 0 Å². The molecule has 0 aliphatic heterocycles. The zero-order chi connectivity index (χ0) is 21.1. The van der Waals surface area contributed by atoms with Gasteiger partial charge in [0.05, 0.1) is 17.2 Å². The minimum absolute atomic E-state index is 0.0114. The molecule has 0 aliphatic rings. The third kappa shape index (κ3) is 7.36. The first kappa shape index (κ1) is 22.6. The summed E-state index contributed by atoms with van der Waals surface area (Å²) in [6, 6.07) is 4.32. The van der Waals surface area contributed by atoms with Crippen molar-refractivity contribution in [3.05, 3.63) is 44.4 Å². The Morgan fingerprint density at radius 3 is 2.28 bits per heavy atom. The van der Waals surface area contributed by atoms with Crippen molar-refractivity contribution in [1.82, 2.24) is 9.78 Å². The summed E-state index contributed by atoms with van der Waals surface area (Å²) in [6.07, 6.45) is 12.2. The molecule has 1 heterocycles. The highest BCUT2D eigenvalue weighted by Gasteiger charge is 2.15. The first-order valence-corrected chi connectivity index (χ1v) is 10.5. The summed E-state index contributed by atoms with van der Waals surface area (Å²) in [6.45, 7) is 4.28. The van der Waals surface area contributed by atoms with Crippen molar-refractivity contribution in [3.63, 3.8) is 0 Å². The summed E-state index contributed by atoms with van der Waals surface area (Å²) in [5.74, 6) is -0.684. The highest BCUT2D eigenvalue weighted by Crippen LogP contribution is 2.20. The Kier molecular flexibility index (Phi) is 9.40. The number of hydrogen-bond acceptors (Lipinski definition) is 6. The number of aromatic nitrogens is 2. The molecule has 1 aromatic heterocycles. The van der Waals surface area contributed by atoms with Crippen molar-refractivity contribution < 1.29 is 14.1 Å². The highest BCUT2D eigenvalue weighted by molar-refractivity contribution is 5.47. The van der Waals surface area contributed by atoms with Crippen LogP contribution in [-0.4, -0.2) is 21.3 Å². The van der Waals surface area contributed by atoms with E-state index in [1.165, 1.54) is 69.6 Å². The van der Waals surface area contributed by atoms with Gasteiger partial charge in [-0.3, -0.25) is 10.1 Å². The normalized spacial score (nSPS) is 11.0. The van der Waals surface area contributed by atoms with Gasteiger partial charge in [0.2, 0.25) is 0 Å². The SMILES string of the molecule is CCCCCCCCCCCCOc1nn(-c2ccc([N+](=O)[O-])c(C)c2)c(=O)o1. The second-order valence-electron chi connectivity index (χ2n) is 7.30. The van der Waals surface area contributed by atoms with Crippen molar-refractivity contribution in [1.29, 1.82) is 0 Å². The fourth-order valence-electron chi connectivity index (χ4n) is 3.21. The number of nitro benzene ring substituents is 1. The molecule has 29 heavy (non-hydrogen) atoms. The van der Waals surface area contributed by atoms with E-state index in [0.717, 1.165) is 17.5 Å². The third-order valence-corrected chi connectivity index (χ3v) is 4.87. The van der Waals surface area contributed by atoms with E-state index in [2.05, 4.69) is 12.0 Å². The first-order chi connectivity index (χ1) is 14.0. The molecule has 0 radical (unpaired) electrons. The smallest absolute Gasteiger partial charge is 0.444 e. The summed E-state index contributed by atoms with van der Waals surface area (Å²) >= 11 is 0. The molecule has 0 spiro atoms. The minimum atomic E-state index is -0.684. The predicted molar refractivity (Wildman–Crippen MR) is 111 cm³/mol. The van der Waals surface area contributed by atoms with E-state index in [0.29, 0.717) is 17.9 Å². The molecule has 2 aromatic rings. The molecule has 160 valence electrons. The molecule has 0 aliphatic carbocycles. The molecule has 8 heteroatoms. The Morgan fingerprint density at radius 2 is 1.69 bits per heavy atom. The summed E-state index contributed by atoms with van der Waals surface area (Å²) in [4.78, 5) is 22.4. The fourth-order valence-corrected chi connectivity index (χ4v) is 3.21. The molecule has 8 nitrogen and oxygen atoms in total. The molecule has 0 saturated heterocycles. The van der Waals surface area contributed by atoms with Gasteiger partial charge in [-0.25, -0.2) is 4.79 Å². The van der Waals surface area contributed by atoms with Crippen LogP contribution in [0.1, 0.15) is 76.7 Å². The molecule has 0 atom stereocenters. The van der Waals surface area contributed by atoms with Crippen LogP contribution in [0, 0.1) is 17.0 Å². The number of benzene rings is 1. The van der Waals surface area contributed by atoms with Gasteiger partial charge in [0, 0.05) is 11.6 Å². The van der Waals surface area contributed by atoms with Crippen LogP contribution in [0.3, 0.4) is 0 Å². The quantitative estimate of drug-likeness (QED) is 0.239. The number of nitro groups is 1. The number of rotatable bonds is 14. The van der Waals surface area contributed by atoms with Gasteiger partial charge in [0.15, 0.2) is 0 Å². The third-order valence-electron chi connectivity index (χ3n) is 4.87. The molecule has 0 N–H and O–H groups in total. The van der Waals surface area contributed by atoms with Crippen LogP contribution in [0.2, 0.25) is 0 Å². The van der Waals surface area contributed by atoms with Crippen molar-refractivity contribution in [2.75, 3.05) is 6.61 Å². The van der Waals surface area contributed by atoms with Gasteiger partial charge >= 0.3 is 11.8 Å². The fraction of sp³-hybridized carbons (Fsp3) is 0.619. The topological polar surface area (TPSA) is 100 Å². The highest BCUT2D eigenvalue weighted by atomic mass is 16.6. The molecular weight excluding hydrogens is 374 g/mol. The molecule has 0 fully saturated rings. The van der Waals surface area contributed by atoms with Crippen LogP contribution in [0.25, 0.3) is 5.69 Å². The lowest BCUT2D eigenvalue weighted by atomic mass is 10.1. The molecule has 2 rings (SSSR count). The maximum Gasteiger partial charge on any atom is 0.444 e. The Bertz CT molecular complexity index is 828. The number of unbranched alkanes of at least 4 members (excludes halogenated alkanes) is 9. The van der Waals surface area contributed by atoms with Crippen molar-refractivity contribution in [3.8, 4) is 11.8 Å². The van der Waals surface area contributed by atoms with Gasteiger partial charge in [-0.05, 0) is 25.5 Å². The number of hydrogen-bond donors (Lipinski definition) is 0. The molecule has 0 saturated carbocycles. The van der Waals surface area contributed by atoms with Crippen LogP contribution in [0.5, 0.6) is 6.08 Å².